The molecule has 0 saturated heterocycles. The van der Waals surface area contributed by atoms with Crippen LogP contribution in [0.25, 0.3) is 21.9 Å². The van der Waals surface area contributed by atoms with Crippen LogP contribution >= 0.6 is 0 Å². The topological polar surface area (TPSA) is 25.2 Å². The summed E-state index contributed by atoms with van der Waals surface area (Å²) in [5.74, 6) is 5.53. The maximum absolute atomic E-state index is 13.1. The Bertz CT molecular complexity index is 1070. The zero-order chi connectivity index (χ0) is 19.9. The number of rotatable bonds is 7. The SMILES string of the molecule is C#CCN(CC#C)CC(C)Cn1cc(-c2ccccc2)c2ccccc2c1=O. The van der Waals surface area contributed by atoms with E-state index in [0.29, 0.717) is 19.6 Å². The lowest BCUT2D eigenvalue weighted by molar-refractivity contribution is 0.275. The molecule has 0 aliphatic carbocycles. The fraction of sp³-hybridized carbons (Fsp3) is 0.240. The molecule has 1 unspecified atom stereocenters. The fourth-order valence-corrected chi connectivity index (χ4v) is 3.60. The normalized spacial score (nSPS) is 11.9. The average molecular weight is 368 g/mol. The van der Waals surface area contributed by atoms with Gasteiger partial charge in [-0.05, 0) is 22.9 Å². The fourth-order valence-electron chi connectivity index (χ4n) is 3.60. The van der Waals surface area contributed by atoms with E-state index in [1.54, 1.807) is 0 Å². The zero-order valence-electron chi connectivity index (χ0n) is 16.1. The van der Waals surface area contributed by atoms with Crippen LogP contribution in [-0.4, -0.2) is 29.1 Å². The van der Waals surface area contributed by atoms with Crippen molar-refractivity contribution < 1.29 is 0 Å². The predicted octanol–water partition coefficient (Wildman–Crippen LogP) is 3.87. The number of aromatic nitrogens is 1. The van der Waals surface area contributed by atoms with E-state index in [2.05, 4.69) is 35.8 Å². The summed E-state index contributed by atoms with van der Waals surface area (Å²) >= 11 is 0. The van der Waals surface area contributed by atoms with E-state index in [1.807, 2.05) is 53.2 Å². The van der Waals surface area contributed by atoms with Crippen molar-refractivity contribution in [3.63, 3.8) is 0 Å². The van der Waals surface area contributed by atoms with Gasteiger partial charge in [-0.25, -0.2) is 0 Å². The Balaban J connectivity index is 1.98. The number of terminal acetylenes is 2. The molecule has 3 nitrogen and oxygen atoms in total. The van der Waals surface area contributed by atoms with E-state index >= 15 is 0 Å². The number of benzene rings is 2. The van der Waals surface area contributed by atoms with Crippen molar-refractivity contribution in [3.05, 3.63) is 71.1 Å². The first kappa shape index (κ1) is 19.5. The molecule has 140 valence electrons. The Morgan fingerprint density at radius 1 is 0.964 bits per heavy atom. The molecule has 1 heterocycles. The van der Waals surface area contributed by atoms with Gasteiger partial charge in [-0.15, -0.1) is 12.8 Å². The Kier molecular flexibility index (Phi) is 6.33. The molecule has 2 aromatic carbocycles. The van der Waals surface area contributed by atoms with Crippen LogP contribution in [0.5, 0.6) is 0 Å². The molecule has 0 fully saturated rings. The van der Waals surface area contributed by atoms with Gasteiger partial charge in [-0.2, -0.15) is 0 Å². The Morgan fingerprint density at radius 2 is 1.57 bits per heavy atom. The van der Waals surface area contributed by atoms with Crippen LogP contribution in [-0.2, 0) is 6.54 Å². The minimum absolute atomic E-state index is 0.0302. The van der Waals surface area contributed by atoms with Gasteiger partial charge in [0, 0.05) is 30.2 Å². The molecule has 28 heavy (non-hydrogen) atoms. The minimum atomic E-state index is 0.0302. The molecule has 0 N–H and O–H groups in total. The second-order valence-corrected chi connectivity index (χ2v) is 7.09. The van der Waals surface area contributed by atoms with Crippen LogP contribution in [0, 0.1) is 30.6 Å². The highest BCUT2D eigenvalue weighted by Crippen LogP contribution is 2.26. The molecular formula is C25H24N2O. The molecule has 0 spiro atoms. The van der Waals surface area contributed by atoms with Crippen LogP contribution in [0.15, 0.2) is 65.6 Å². The molecule has 0 radical (unpaired) electrons. The molecule has 0 saturated carbocycles. The Morgan fingerprint density at radius 3 is 2.21 bits per heavy atom. The third-order valence-electron chi connectivity index (χ3n) is 4.79. The van der Waals surface area contributed by atoms with Crippen molar-refractivity contribution in [2.24, 2.45) is 5.92 Å². The molecular weight excluding hydrogens is 344 g/mol. The predicted molar refractivity (Wildman–Crippen MR) is 117 cm³/mol. The van der Waals surface area contributed by atoms with Crippen LogP contribution in [0.2, 0.25) is 0 Å². The first-order valence-corrected chi connectivity index (χ1v) is 9.41. The van der Waals surface area contributed by atoms with Gasteiger partial charge in [0.15, 0.2) is 0 Å². The molecule has 3 aromatic rings. The van der Waals surface area contributed by atoms with Crippen molar-refractivity contribution >= 4 is 10.8 Å². The number of fused-ring (bicyclic) bond motifs is 1. The van der Waals surface area contributed by atoms with Crippen LogP contribution < -0.4 is 5.56 Å². The molecule has 0 aliphatic heterocycles. The highest BCUT2D eigenvalue weighted by molar-refractivity contribution is 5.95. The van der Waals surface area contributed by atoms with Crippen LogP contribution in [0.3, 0.4) is 0 Å². The van der Waals surface area contributed by atoms with Crippen molar-refractivity contribution in [2.45, 2.75) is 13.5 Å². The van der Waals surface area contributed by atoms with E-state index in [9.17, 15) is 4.79 Å². The van der Waals surface area contributed by atoms with Crippen molar-refractivity contribution in [2.75, 3.05) is 19.6 Å². The lowest BCUT2D eigenvalue weighted by Crippen LogP contribution is -2.33. The second kappa shape index (κ2) is 9.09. The maximum Gasteiger partial charge on any atom is 0.258 e. The van der Waals surface area contributed by atoms with Crippen molar-refractivity contribution in [1.82, 2.24) is 9.47 Å². The monoisotopic (exact) mass is 368 g/mol. The number of hydrogen-bond donors (Lipinski definition) is 0. The summed E-state index contributed by atoms with van der Waals surface area (Å²) in [4.78, 5) is 15.1. The highest BCUT2D eigenvalue weighted by Gasteiger charge is 2.14. The van der Waals surface area contributed by atoms with Gasteiger partial charge in [-0.1, -0.05) is 67.3 Å². The van der Waals surface area contributed by atoms with E-state index < -0.39 is 0 Å². The maximum atomic E-state index is 13.1. The van der Waals surface area contributed by atoms with Gasteiger partial charge >= 0.3 is 0 Å². The summed E-state index contributed by atoms with van der Waals surface area (Å²) in [5.41, 5.74) is 2.19. The molecule has 0 aliphatic rings. The van der Waals surface area contributed by atoms with E-state index in [0.717, 1.165) is 28.4 Å². The lowest BCUT2D eigenvalue weighted by atomic mass is 10.0. The first-order valence-electron chi connectivity index (χ1n) is 9.41. The lowest BCUT2D eigenvalue weighted by Gasteiger charge is -2.23. The summed E-state index contributed by atoms with van der Waals surface area (Å²) in [5, 5.41) is 1.71. The number of pyridine rings is 1. The van der Waals surface area contributed by atoms with Gasteiger partial charge in [0.2, 0.25) is 0 Å². The molecule has 3 heteroatoms. The third kappa shape index (κ3) is 4.34. The molecule has 3 rings (SSSR count). The molecule has 0 bridgehead atoms. The number of hydrogen-bond acceptors (Lipinski definition) is 2. The number of nitrogens with zero attached hydrogens (tertiary/aromatic N) is 2. The second-order valence-electron chi connectivity index (χ2n) is 7.09. The standard InChI is InChI=1S/C25H24N2O/c1-4-15-26(16-5-2)17-20(3)18-27-19-24(21-11-7-6-8-12-21)22-13-9-10-14-23(22)25(27)28/h1-2,6-14,19-20H,15-18H2,3H3. The van der Waals surface area contributed by atoms with Gasteiger partial charge in [0.25, 0.3) is 5.56 Å². The Labute approximate surface area is 166 Å². The molecule has 1 atom stereocenters. The Hall–Kier alpha value is -3.27. The smallest absolute Gasteiger partial charge is 0.258 e. The average Bonchev–Trinajstić information content (AvgIpc) is 2.71. The van der Waals surface area contributed by atoms with Crippen LogP contribution in [0.1, 0.15) is 6.92 Å². The summed E-state index contributed by atoms with van der Waals surface area (Å²) in [6, 6.07) is 18.0. The van der Waals surface area contributed by atoms with Gasteiger partial charge in [-0.3, -0.25) is 9.69 Å². The van der Waals surface area contributed by atoms with Gasteiger partial charge in [0.1, 0.15) is 0 Å². The van der Waals surface area contributed by atoms with Crippen LogP contribution in [0.4, 0.5) is 0 Å². The largest absolute Gasteiger partial charge is 0.314 e. The van der Waals surface area contributed by atoms with Crippen molar-refractivity contribution in [1.29, 1.82) is 0 Å². The quantitative estimate of drug-likeness (QED) is 0.592. The molecule has 1 aromatic heterocycles. The summed E-state index contributed by atoms with van der Waals surface area (Å²) in [6.45, 7) is 4.49. The van der Waals surface area contributed by atoms with E-state index in [4.69, 9.17) is 12.8 Å². The highest BCUT2D eigenvalue weighted by atomic mass is 16.1. The van der Waals surface area contributed by atoms with E-state index in [-0.39, 0.29) is 11.5 Å². The third-order valence-corrected chi connectivity index (χ3v) is 4.79. The minimum Gasteiger partial charge on any atom is -0.314 e. The van der Waals surface area contributed by atoms with Gasteiger partial charge < -0.3 is 4.57 Å². The first-order chi connectivity index (χ1) is 13.6. The zero-order valence-corrected chi connectivity index (χ0v) is 16.1. The molecule has 0 amide bonds. The summed E-state index contributed by atoms with van der Waals surface area (Å²) < 4.78 is 1.82. The van der Waals surface area contributed by atoms with Gasteiger partial charge in [0.05, 0.1) is 13.1 Å². The van der Waals surface area contributed by atoms with Crippen molar-refractivity contribution in [3.8, 4) is 35.8 Å². The summed E-state index contributed by atoms with van der Waals surface area (Å²) in [6.07, 6.45) is 12.9. The van der Waals surface area contributed by atoms with E-state index in [1.165, 1.54) is 0 Å². The summed E-state index contributed by atoms with van der Waals surface area (Å²) in [7, 11) is 0.